The van der Waals surface area contributed by atoms with Gasteiger partial charge in [0.25, 0.3) is 0 Å². The van der Waals surface area contributed by atoms with Gasteiger partial charge in [0.1, 0.15) is 0 Å². The van der Waals surface area contributed by atoms with Crippen molar-refractivity contribution in [2.24, 2.45) is 5.73 Å². The summed E-state index contributed by atoms with van der Waals surface area (Å²) < 4.78 is 0.141. The summed E-state index contributed by atoms with van der Waals surface area (Å²) in [6.07, 6.45) is 0. The molecule has 2 radical (unpaired) electrons. The van der Waals surface area contributed by atoms with E-state index in [-0.39, 0.29) is 10.4 Å². The minimum absolute atomic E-state index is 0.141. The van der Waals surface area contributed by atoms with Gasteiger partial charge < -0.3 is 0 Å². The van der Waals surface area contributed by atoms with Crippen LogP contribution in [0, 0.1) is 34.1 Å². The van der Waals surface area contributed by atoms with Crippen LogP contribution in [0.4, 0.5) is 0 Å². The molecular formula is C3H6CeNO2Sn. The second-order valence-corrected chi connectivity index (χ2v) is 8.66. The van der Waals surface area contributed by atoms with E-state index in [0.29, 0.717) is 0 Å². The van der Waals surface area contributed by atoms with E-state index in [2.05, 4.69) is 0 Å². The van der Waals surface area contributed by atoms with E-state index in [1.54, 1.807) is 0 Å². The summed E-state index contributed by atoms with van der Waals surface area (Å²) in [6, 6.07) is -0.556. The van der Waals surface area contributed by atoms with Crippen LogP contribution in [-0.4, -0.2) is 34.0 Å². The third-order valence-electron chi connectivity index (χ3n) is 0.657. The molecule has 3 nitrogen and oxygen atoms in total. The first-order chi connectivity index (χ1) is 3.72. The average Bonchev–Trinajstić information content (AvgIpc) is 1.84. The standard InChI is InChI=1S/C3H6NO2.Ce.Sn/c4-3(1-5)2-6;;/h3,5H,1,4H2;;/t3-;;/m0../s1. The van der Waals surface area contributed by atoms with E-state index in [4.69, 9.17) is 10.8 Å². The molecule has 0 aromatic heterocycles. The summed E-state index contributed by atoms with van der Waals surface area (Å²) in [4.78, 5) is 10.6. The molecule has 0 bridgehead atoms. The molecule has 3 N–H and O–H groups in total. The van der Waals surface area contributed by atoms with Crippen LogP contribution in [-0.2, 0) is 4.79 Å². The van der Waals surface area contributed by atoms with Crippen LogP contribution in [0.15, 0.2) is 0 Å². The molecule has 0 rings (SSSR count). The van der Waals surface area contributed by atoms with Gasteiger partial charge in [0.05, 0.1) is 0 Å². The van der Waals surface area contributed by atoms with Crippen molar-refractivity contribution in [1.29, 1.82) is 0 Å². The number of nitrogens with two attached hydrogens (primary N) is 1. The fourth-order valence-corrected chi connectivity index (χ4v) is 4.87. The monoisotopic (exact) mass is 348 g/mol. The van der Waals surface area contributed by atoms with Gasteiger partial charge in [0.2, 0.25) is 0 Å². The quantitative estimate of drug-likeness (QED) is 0.581. The van der Waals surface area contributed by atoms with Crippen LogP contribution < -0.4 is 5.73 Å². The van der Waals surface area contributed by atoms with Gasteiger partial charge >= 0.3 is 78.7 Å². The zero-order valence-electron chi connectivity index (χ0n) is 4.22. The number of hydrogen-bond acceptors (Lipinski definition) is 3. The van der Waals surface area contributed by atoms with Crippen LogP contribution in [0.2, 0.25) is 0 Å². The molecule has 0 unspecified atom stereocenters. The number of rotatable bonds is 3. The fourth-order valence-electron chi connectivity index (χ4n) is 0.176. The molecule has 0 aliphatic carbocycles. The van der Waals surface area contributed by atoms with Gasteiger partial charge in [-0.05, 0) is 0 Å². The first-order valence-corrected chi connectivity index (χ1v) is 15.4. The summed E-state index contributed by atoms with van der Waals surface area (Å²) in [5, 5.41) is 8.33. The molecule has 5 heteroatoms. The second-order valence-electron chi connectivity index (χ2n) is 1.28. The number of aliphatic hydroxyl groups is 1. The number of carbonyl (C=O) groups excluding carboxylic acids is 1. The molecule has 0 aromatic rings. The summed E-state index contributed by atoms with van der Waals surface area (Å²) >= 11 is 0.265. The van der Waals surface area contributed by atoms with E-state index in [1.165, 1.54) is 0 Å². The summed E-state index contributed by atoms with van der Waals surface area (Å²) in [5.41, 5.74) is 5.19. The third kappa shape index (κ3) is 3.73. The van der Waals surface area contributed by atoms with Gasteiger partial charge in [-0.25, -0.2) is 0 Å². The van der Waals surface area contributed by atoms with E-state index in [9.17, 15) is 4.79 Å². The van der Waals surface area contributed by atoms with Gasteiger partial charge in [0.15, 0.2) is 0 Å². The van der Waals surface area contributed by atoms with Crippen molar-refractivity contribution in [3.05, 3.63) is 0 Å². The Kier molecular flexibility index (Phi) is 6.77. The minimum atomic E-state index is -0.740. The van der Waals surface area contributed by atoms with Crippen LogP contribution in [0.1, 0.15) is 0 Å². The maximum atomic E-state index is 10.6. The predicted molar refractivity (Wildman–Crippen MR) is 25.8 cm³/mol. The van der Waals surface area contributed by atoms with Gasteiger partial charge in [-0.2, -0.15) is 0 Å². The molecule has 1 atom stereocenters. The average molecular weight is 347 g/mol. The van der Waals surface area contributed by atoms with Crippen molar-refractivity contribution in [3.8, 4) is 0 Å². The summed E-state index contributed by atoms with van der Waals surface area (Å²) in [6.45, 7) is -0.179. The number of hydrogen-bond donors (Lipinski definition) is 2. The van der Waals surface area contributed by atoms with Crippen molar-refractivity contribution in [2.45, 2.75) is 6.04 Å². The third-order valence-corrected chi connectivity index (χ3v) is 7.61. The number of carbonyl (C=O) groups is 1. The molecular weight excluding hydrogens is 341 g/mol. The van der Waals surface area contributed by atoms with Crippen molar-refractivity contribution in [2.75, 3.05) is 6.61 Å². The Hall–Kier alpha value is 1.77. The molecule has 0 aliphatic rings. The van der Waals surface area contributed by atoms with Crippen molar-refractivity contribution >= 4 is 16.3 Å². The molecule has 0 aliphatic heterocycles. The zero-order chi connectivity index (χ0) is 6.57. The van der Waals surface area contributed by atoms with Crippen molar-refractivity contribution in [1.82, 2.24) is 0 Å². The Morgan fingerprint density at radius 3 is 2.62 bits per heavy atom. The van der Waals surface area contributed by atoms with Crippen LogP contribution in [0.25, 0.3) is 0 Å². The topological polar surface area (TPSA) is 63.3 Å². The Morgan fingerprint density at radius 2 is 2.50 bits per heavy atom. The van der Waals surface area contributed by atoms with E-state index in [1.807, 2.05) is 0 Å². The second kappa shape index (κ2) is 5.54. The molecule has 0 heterocycles. The molecule has 0 spiro atoms. The molecule has 0 aromatic carbocycles. The van der Waals surface area contributed by atoms with Crippen molar-refractivity contribution < 1.29 is 44.1 Å². The van der Waals surface area contributed by atoms with Crippen molar-refractivity contribution in [3.63, 3.8) is 0 Å². The fraction of sp³-hybridized carbons (Fsp3) is 0.667. The number of aliphatic hydroxyl groups excluding tert-OH is 1. The Bertz CT molecular complexity index is 89.4. The van der Waals surface area contributed by atoms with Gasteiger partial charge in [-0.1, -0.05) is 0 Å². The van der Waals surface area contributed by atoms with Gasteiger partial charge in [0, 0.05) is 0 Å². The van der Waals surface area contributed by atoms with E-state index < -0.39 is 18.5 Å². The van der Waals surface area contributed by atoms with Gasteiger partial charge in [-0.15, -0.1) is 0 Å². The molecule has 8 heavy (non-hydrogen) atoms. The normalized spacial score (nSPS) is 13.1. The molecule has 0 saturated carbocycles. The first kappa shape index (κ1) is 9.77. The van der Waals surface area contributed by atoms with Gasteiger partial charge in [-0.3, -0.25) is 0 Å². The van der Waals surface area contributed by atoms with Crippen LogP contribution in [0.3, 0.4) is 0 Å². The first-order valence-electron chi connectivity index (χ1n) is 2.05. The Morgan fingerprint density at radius 1 is 2.00 bits per heavy atom. The maximum absolute atomic E-state index is 10.6. The van der Waals surface area contributed by atoms with E-state index >= 15 is 0 Å². The van der Waals surface area contributed by atoms with Crippen LogP contribution in [0.5, 0.6) is 0 Å². The molecule has 0 fully saturated rings. The molecule has 0 saturated heterocycles. The Labute approximate surface area is 77.2 Å². The zero-order valence-corrected chi connectivity index (χ0v) is 10.2. The molecule has 43 valence electrons. The van der Waals surface area contributed by atoms with E-state index in [0.717, 1.165) is 34.1 Å². The predicted octanol–water partition coefficient (Wildman–Crippen LogP) is -2.00. The summed E-state index contributed by atoms with van der Waals surface area (Å²) in [5.74, 6) is 0. The summed E-state index contributed by atoms with van der Waals surface area (Å²) in [7, 11) is 0. The van der Waals surface area contributed by atoms with Crippen LogP contribution >= 0.6 is 0 Å². The molecule has 0 amide bonds. The Balaban J connectivity index is 3.46. The SMILES string of the molecule is N[C@@H](CO)[C](=O)[Sn][Ce].